The van der Waals surface area contributed by atoms with Crippen molar-refractivity contribution in [2.75, 3.05) is 0 Å². The van der Waals surface area contributed by atoms with Crippen molar-refractivity contribution in [1.29, 1.82) is 10.8 Å². The monoisotopic (exact) mass is 307 g/mol. The number of hydrogen-bond donors (Lipinski definition) is 3. The van der Waals surface area contributed by atoms with Crippen molar-refractivity contribution in [3.63, 3.8) is 0 Å². The van der Waals surface area contributed by atoms with E-state index in [9.17, 15) is 5.11 Å². The van der Waals surface area contributed by atoms with E-state index in [4.69, 9.17) is 15.3 Å². The zero-order valence-corrected chi connectivity index (χ0v) is 9.70. The largest absolute Gasteiger partial charge is 0.379 e. The van der Waals surface area contributed by atoms with E-state index in [1.807, 2.05) is 6.92 Å². The number of aromatic nitrogens is 1. The molecule has 1 aromatic rings. The molecule has 0 aliphatic carbocycles. The van der Waals surface area contributed by atoms with Crippen LogP contribution in [0.3, 0.4) is 0 Å². The average Bonchev–Trinajstić information content (AvgIpc) is 2.63. The second kappa shape index (κ2) is 4.65. The molecule has 0 spiro atoms. The van der Waals surface area contributed by atoms with E-state index in [1.54, 1.807) is 28.7 Å². The second-order valence-electron chi connectivity index (χ2n) is 2.70. The van der Waals surface area contributed by atoms with Crippen LogP contribution in [0.5, 0.6) is 0 Å². The maximum Gasteiger partial charge on any atom is 0.171 e. The Hall–Kier alpha value is -0.760. The molecule has 1 atom stereocenters. The molecule has 3 N–H and O–H groups in total. The Bertz CT molecular complexity index is 361. The number of aliphatic hydroxyl groups excluding tert-OH is 1. The smallest absolute Gasteiger partial charge is 0.171 e. The molecular weight excluding hydrogens is 297 g/mol. The fourth-order valence-corrected chi connectivity index (χ4v) is 1.18. The van der Waals surface area contributed by atoms with Gasteiger partial charge in [-0.25, -0.2) is 0 Å². The van der Waals surface area contributed by atoms with Gasteiger partial charge in [0.2, 0.25) is 0 Å². The molecule has 0 aliphatic rings. The molecule has 76 valence electrons. The van der Waals surface area contributed by atoms with Crippen LogP contribution in [0.2, 0.25) is 0 Å². The summed E-state index contributed by atoms with van der Waals surface area (Å²) in [5, 5.41) is 27.8. The molecule has 1 heterocycles. The SMILES string of the molecule is CCc1cc(C(O)C(=N)C(=N)I)on1. The molecule has 0 bridgehead atoms. The number of nitrogens with zero attached hydrogens (tertiary/aromatic N) is 1. The van der Waals surface area contributed by atoms with Gasteiger partial charge in [0.15, 0.2) is 11.9 Å². The second-order valence-corrected chi connectivity index (χ2v) is 3.78. The number of nitrogens with one attached hydrogen (secondary N) is 2. The topological polar surface area (TPSA) is 94.0 Å². The summed E-state index contributed by atoms with van der Waals surface area (Å²) in [6, 6.07) is 1.60. The summed E-state index contributed by atoms with van der Waals surface area (Å²) in [6.07, 6.45) is -0.474. The number of aryl methyl sites for hydroxylation is 1. The molecule has 1 rings (SSSR count). The Morgan fingerprint density at radius 2 is 2.36 bits per heavy atom. The fourth-order valence-electron chi connectivity index (χ4n) is 0.886. The first-order valence-corrected chi connectivity index (χ1v) is 5.10. The standard InChI is InChI=1S/C8H10IN3O2/c1-2-4-3-5(14-12-4)7(13)6(10)8(9)11/h3,7,10-11,13H,2H2,1H3. The molecule has 0 radical (unpaired) electrons. The maximum atomic E-state index is 9.56. The molecule has 6 heteroatoms. The summed E-state index contributed by atoms with van der Waals surface area (Å²) in [5.41, 5.74) is 0.552. The highest BCUT2D eigenvalue weighted by atomic mass is 127. The fraction of sp³-hybridized carbons (Fsp3) is 0.375. The van der Waals surface area contributed by atoms with Crippen molar-refractivity contribution in [2.24, 2.45) is 0 Å². The van der Waals surface area contributed by atoms with Crippen LogP contribution in [-0.4, -0.2) is 19.7 Å². The summed E-state index contributed by atoms with van der Waals surface area (Å²) in [4.78, 5) is 0. The van der Waals surface area contributed by atoms with Gasteiger partial charge >= 0.3 is 0 Å². The third-order valence-electron chi connectivity index (χ3n) is 1.72. The highest BCUT2D eigenvalue weighted by Gasteiger charge is 2.20. The van der Waals surface area contributed by atoms with Crippen LogP contribution in [0.4, 0.5) is 0 Å². The number of halogens is 1. The quantitative estimate of drug-likeness (QED) is 0.584. The molecule has 0 aromatic carbocycles. The van der Waals surface area contributed by atoms with E-state index >= 15 is 0 Å². The highest BCUT2D eigenvalue weighted by Crippen LogP contribution is 2.17. The molecule has 0 fully saturated rings. The number of aliphatic hydroxyl groups is 1. The lowest BCUT2D eigenvalue weighted by Gasteiger charge is -2.05. The third kappa shape index (κ3) is 2.38. The van der Waals surface area contributed by atoms with Crippen LogP contribution in [0.1, 0.15) is 24.5 Å². The van der Waals surface area contributed by atoms with Crippen LogP contribution < -0.4 is 0 Å². The number of hydrogen-bond acceptors (Lipinski definition) is 5. The summed E-state index contributed by atoms with van der Waals surface area (Å²) in [6.45, 7) is 1.92. The Balaban J connectivity index is 2.83. The summed E-state index contributed by atoms with van der Waals surface area (Å²) >= 11 is 1.66. The molecule has 14 heavy (non-hydrogen) atoms. The predicted octanol–water partition coefficient (Wildman–Crippen LogP) is 1.70. The summed E-state index contributed by atoms with van der Waals surface area (Å²) < 4.78 is 4.84. The van der Waals surface area contributed by atoms with Crippen LogP contribution >= 0.6 is 22.6 Å². The molecule has 1 unspecified atom stereocenters. The van der Waals surface area contributed by atoms with Crippen molar-refractivity contribution in [2.45, 2.75) is 19.4 Å². The minimum absolute atomic E-state index is 0.00968. The van der Waals surface area contributed by atoms with Gasteiger partial charge in [-0.2, -0.15) is 0 Å². The summed E-state index contributed by atoms with van der Waals surface area (Å²) in [5.74, 6) is 0.216. The first-order chi connectivity index (χ1) is 6.56. The van der Waals surface area contributed by atoms with E-state index in [2.05, 4.69) is 5.16 Å². The maximum absolute atomic E-state index is 9.56. The van der Waals surface area contributed by atoms with Gasteiger partial charge in [-0.05, 0) is 29.0 Å². The van der Waals surface area contributed by atoms with Crippen molar-refractivity contribution in [3.05, 3.63) is 17.5 Å². The van der Waals surface area contributed by atoms with Gasteiger partial charge in [0, 0.05) is 6.07 Å². The van der Waals surface area contributed by atoms with E-state index in [-0.39, 0.29) is 15.2 Å². The molecule has 1 aromatic heterocycles. The Labute approximate surface area is 94.6 Å². The van der Waals surface area contributed by atoms with E-state index in [1.165, 1.54) is 0 Å². The van der Waals surface area contributed by atoms with Crippen molar-refractivity contribution in [3.8, 4) is 0 Å². The third-order valence-corrected chi connectivity index (χ3v) is 2.30. The zero-order chi connectivity index (χ0) is 10.7. The molecule has 5 nitrogen and oxygen atoms in total. The molecule has 0 aliphatic heterocycles. The lowest BCUT2D eigenvalue weighted by Crippen LogP contribution is -2.15. The minimum Gasteiger partial charge on any atom is -0.379 e. The Morgan fingerprint density at radius 3 is 2.79 bits per heavy atom. The average molecular weight is 307 g/mol. The molecule has 0 saturated heterocycles. The van der Waals surface area contributed by atoms with Gasteiger partial charge in [-0.15, -0.1) is 0 Å². The van der Waals surface area contributed by atoms with Gasteiger partial charge in [0.05, 0.1) is 11.4 Å². The van der Waals surface area contributed by atoms with Crippen LogP contribution in [-0.2, 0) is 6.42 Å². The number of rotatable bonds is 4. The van der Waals surface area contributed by atoms with Crippen LogP contribution in [0, 0.1) is 10.8 Å². The van der Waals surface area contributed by atoms with Gasteiger partial charge < -0.3 is 9.63 Å². The highest BCUT2D eigenvalue weighted by molar-refractivity contribution is 14.1. The first kappa shape index (κ1) is 11.3. The lowest BCUT2D eigenvalue weighted by molar-refractivity contribution is 0.200. The molecule has 0 amide bonds. The first-order valence-electron chi connectivity index (χ1n) is 4.02. The molecule has 0 saturated carbocycles. The lowest BCUT2D eigenvalue weighted by atomic mass is 10.1. The van der Waals surface area contributed by atoms with Gasteiger partial charge in [0.25, 0.3) is 0 Å². The van der Waals surface area contributed by atoms with Crippen molar-refractivity contribution < 1.29 is 9.63 Å². The van der Waals surface area contributed by atoms with Gasteiger partial charge in [-0.3, -0.25) is 10.8 Å². The predicted molar refractivity (Wildman–Crippen MR) is 60.3 cm³/mol. The summed E-state index contributed by atoms with van der Waals surface area (Å²) in [7, 11) is 0. The van der Waals surface area contributed by atoms with Crippen LogP contribution in [0.25, 0.3) is 0 Å². The van der Waals surface area contributed by atoms with Crippen LogP contribution in [0.15, 0.2) is 10.6 Å². The van der Waals surface area contributed by atoms with Gasteiger partial charge in [-0.1, -0.05) is 12.1 Å². The Morgan fingerprint density at radius 1 is 1.71 bits per heavy atom. The normalized spacial score (nSPS) is 12.5. The van der Waals surface area contributed by atoms with Gasteiger partial charge in [0.1, 0.15) is 3.72 Å². The minimum atomic E-state index is -1.19. The van der Waals surface area contributed by atoms with E-state index < -0.39 is 6.10 Å². The Kier molecular flexibility index (Phi) is 3.76. The van der Waals surface area contributed by atoms with E-state index in [0.717, 1.165) is 5.69 Å². The van der Waals surface area contributed by atoms with Crippen molar-refractivity contribution >= 4 is 32.0 Å². The molecular formula is C8H10IN3O2. The zero-order valence-electron chi connectivity index (χ0n) is 7.54. The van der Waals surface area contributed by atoms with E-state index in [0.29, 0.717) is 6.42 Å². The van der Waals surface area contributed by atoms with Crippen molar-refractivity contribution in [1.82, 2.24) is 5.16 Å².